The van der Waals surface area contributed by atoms with Crippen LogP contribution in [0.3, 0.4) is 0 Å². The van der Waals surface area contributed by atoms with Crippen molar-refractivity contribution < 1.29 is 17.6 Å². The van der Waals surface area contributed by atoms with Crippen molar-refractivity contribution in [3.63, 3.8) is 0 Å². The molecule has 3 aromatic rings. The smallest absolute Gasteiger partial charge is 0.266 e. The van der Waals surface area contributed by atoms with Crippen molar-refractivity contribution in [2.24, 2.45) is 12.0 Å². The maximum atomic E-state index is 13.5. The van der Waals surface area contributed by atoms with E-state index in [9.17, 15) is 17.6 Å². The normalized spacial score (nSPS) is 19.1. The SMILES string of the molecule is Cn1c(=NC(=O)C2CCCCN2S(=O)(=O)c2ccc(Cl)s2)sc2cc(F)ccc21. The van der Waals surface area contributed by atoms with Crippen molar-refractivity contribution >= 4 is 60.4 Å². The third-order valence-electron chi connectivity index (χ3n) is 4.83. The van der Waals surface area contributed by atoms with Crippen LogP contribution in [-0.4, -0.2) is 35.8 Å². The lowest BCUT2D eigenvalue weighted by molar-refractivity contribution is -0.122. The van der Waals surface area contributed by atoms with E-state index in [1.807, 2.05) is 0 Å². The first-order chi connectivity index (χ1) is 13.8. The fraction of sp³-hybridized carbons (Fsp3) is 0.333. The van der Waals surface area contributed by atoms with E-state index in [-0.39, 0.29) is 16.6 Å². The minimum absolute atomic E-state index is 0.116. The molecule has 0 N–H and O–H groups in total. The number of rotatable bonds is 3. The molecule has 4 rings (SSSR count). The molecule has 154 valence electrons. The number of hydrogen-bond acceptors (Lipinski definition) is 5. The number of aryl methyl sites for hydroxylation is 1. The number of hydrogen-bond donors (Lipinski definition) is 0. The first-order valence-corrected chi connectivity index (χ1v) is 12.3. The minimum atomic E-state index is -3.83. The van der Waals surface area contributed by atoms with Crippen LogP contribution in [0.2, 0.25) is 4.34 Å². The molecule has 2 aromatic heterocycles. The van der Waals surface area contributed by atoms with Crippen LogP contribution in [0.4, 0.5) is 4.39 Å². The molecule has 0 saturated carbocycles. The van der Waals surface area contributed by atoms with Gasteiger partial charge >= 0.3 is 0 Å². The molecule has 0 spiro atoms. The van der Waals surface area contributed by atoms with Crippen molar-refractivity contribution in [2.75, 3.05) is 6.54 Å². The van der Waals surface area contributed by atoms with E-state index in [1.54, 1.807) is 17.7 Å². The van der Waals surface area contributed by atoms with Gasteiger partial charge in [-0.1, -0.05) is 29.4 Å². The van der Waals surface area contributed by atoms with E-state index in [2.05, 4.69) is 4.99 Å². The molecule has 0 radical (unpaired) electrons. The Morgan fingerprint density at radius 1 is 1.24 bits per heavy atom. The van der Waals surface area contributed by atoms with E-state index in [1.165, 1.54) is 39.9 Å². The first kappa shape index (κ1) is 20.7. The van der Waals surface area contributed by atoms with Gasteiger partial charge in [0, 0.05) is 13.6 Å². The summed E-state index contributed by atoms with van der Waals surface area (Å²) in [5, 5.41) is 0. The Kier molecular flexibility index (Phi) is 5.64. The molecule has 1 aromatic carbocycles. The highest BCUT2D eigenvalue weighted by molar-refractivity contribution is 7.91. The fourth-order valence-corrected chi connectivity index (χ4v) is 7.69. The second-order valence-corrected chi connectivity index (χ2v) is 11.5. The summed E-state index contributed by atoms with van der Waals surface area (Å²) < 4.78 is 43.7. The number of carbonyl (C=O) groups is 1. The predicted molar refractivity (Wildman–Crippen MR) is 112 cm³/mol. The highest BCUT2D eigenvalue weighted by Crippen LogP contribution is 2.32. The van der Waals surface area contributed by atoms with E-state index in [0.717, 1.165) is 23.3 Å². The molecular formula is C18H17ClFN3O3S3. The van der Waals surface area contributed by atoms with Crippen LogP contribution < -0.4 is 4.80 Å². The summed E-state index contributed by atoms with van der Waals surface area (Å²) in [6, 6.07) is 6.49. The van der Waals surface area contributed by atoms with Crippen molar-refractivity contribution in [3.05, 3.63) is 45.3 Å². The summed E-state index contributed by atoms with van der Waals surface area (Å²) in [7, 11) is -2.09. The van der Waals surface area contributed by atoms with Gasteiger partial charge < -0.3 is 4.57 Å². The maximum absolute atomic E-state index is 13.5. The molecule has 1 amide bonds. The van der Waals surface area contributed by atoms with Gasteiger partial charge in [0.25, 0.3) is 15.9 Å². The Balaban J connectivity index is 1.71. The molecule has 6 nitrogen and oxygen atoms in total. The molecule has 0 bridgehead atoms. The first-order valence-electron chi connectivity index (χ1n) is 8.88. The number of halogens is 2. The molecule has 3 heterocycles. The Morgan fingerprint density at radius 3 is 2.76 bits per heavy atom. The monoisotopic (exact) mass is 473 g/mol. The van der Waals surface area contributed by atoms with Gasteiger partial charge in [0.2, 0.25) is 0 Å². The molecule has 29 heavy (non-hydrogen) atoms. The Morgan fingerprint density at radius 2 is 2.03 bits per heavy atom. The number of carbonyl (C=O) groups excluding carboxylic acids is 1. The van der Waals surface area contributed by atoms with Crippen molar-refractivity contribution in [1.82, 2.24) is 8.87 Å². The Hall–Kier alpha value is -1.59. The lowest BCUT2D eigenvalue weighted by Gasteiger charge is -2.31. The van der Waals surface area contributed by atoms with Crippen LogP contribution in [-0.2, 0) is 21.9 Å². The van der Waals surface area contributed by atoms with Gasteiger partial charge in [-0.25, -0.2) is 12.8 Å². The zero-order valence-corrected chi connectivity index (χ0v) is 18.5. The summed E-state index contributed by atoms with van der Waals surface area (Å²) in [5.41, 5.74) is 0.754. The second-order valence-electron chi connectivity index (χ2n) is 6.69. The number of benzene rings is 1. The fourth-order valence-electron chi connectivity index (χ4n) is 3.37. The van der Waals surface area contributed by atoms with Crippen molar-refractivity contribution in [2.45, 2.75) is 29.5 Å². The van der Waals surface area contributed by atoms with E-state index in [4.69, 9.17) is 11.6 Å². The number of sulfonamides is 1. The van der Waals surface area contributed by atoms with Gasteiger partial charge in [-0.2, -0.15) is 9.30 Å². The van der Waals surface area contributed by atoms with E-state index in [0.29, 0.717) is 26.7 Å². The molecule has 1 saturated heterocycles. The largest absolute Gasteiger partial charge is 0.319 e. The third-order valence-corrected chi connectivity index (χ3v) is 9.53. The topological polar surface area (TPSA) is 71.7 Å². The van der Waals surface area contributed by atoms with Gasteiger partial charge in [0.1, 0.15) is 16.1 Å². The van der Waals surface area contributed by atoms with Crippen LogP contribution in [0.25, 0.3) is 10.2 Å². The molecule has 1 fully saturated rings. The highest BCUT2D eigenvalue weighted by Gasteiger charge is 2.38. The van der Waals surface area contributed by atoms with Gasteiger partial charge in [0.15, 0.2) is 4.80 Å². The minimum Gasteiger partial charge on any atom is -0.319 e. The van der Waals surface area contributed by atoms with Crippen LogP contribution in [0, 0.1) is 5.82 Å². The average molecular weight is 474 g/mol. The maximum Gasteiger partial charge on any atom is 0.266 e. The third kappa shape index (κ3) is 3.91. The standard InChI is InChI=1S/C18H17ClFN3O3S3/c1-22-12-6-5-11(20)10-14(12)27-18(22)21-17(24)13-4-2-3-9-23(13)29(25,26)16-8-7-15(19)28-16/h5-8,10,13H,2-4,9H2,1H3. The summed E-state index contributed by atoms with van der Waals surface area (Å²) in [5.74, 6) is -0.880. The average Bonchev–Trinajstić information content (AvgIpc) is 3.26. The zero-order valence-electron chi connectivity index (χ0n) is 15.3. The summed E-state index contributed by atoms with van der Waals surface area (Å²) in [6.07, 6.45) is 1.83. The van der Waals surface area contributed by atoms with Gasteiger partial charge in [-0.05, 0) is 43.2 Å². The molecule has 0 aliphatic carbocycles. The number of aromatic nitrogens is 1. The summed E-state index contributed by atoms with van der Waals surface area (Å²) in [4.78, 5) is 17.6. The Labute approximate surface area is 179 Å². The molecule has 1 aliphatic rings. The van der Waals surface area contributed by atoms with Gasteiger partial charge in [-0.15, -0.1) is 11.3 Å². The Bertz CT molecular complexity index is 1260. The number of piperidine rings is 1. The molecule has 11 heteroatoms. The number of thiophene rings is 1. The predicted octanol–water partition coefficient (Wildman–Crippen LogP) is 3.76. The van der Waals surface area contributed by atoms with Gasteiger partial charge in [-0.3, -0.25) is 4.79 Å². The number of fused-ring (bicyclic) bond motifs is 1. The lowest BCUT2D eigenvalue weighted by Crippen LogP contribution is -2.47. The quantitative estimate of drug-likeness (QED) is 0.581. The van der Waals surface area contributed by atoms with Crippen LogP contribution in [0.5, 0.6) is 0 Å². The summed E-state index contributed by atoms with van der Waals surface area (Å²) in [6.45, 7) is 0.257. The van der Waals surface area contributed by atoms with Crippen molar-refractivity contribution in [1.29, 1.82) is 0 Å². The highest BCUT2D eigenvalue weighted by atomic mass is 35.5. The molecule has 1 atom stereocenters. The molecule has 1 unspecified atom stereocenters. The van der Waals surface area contributed by atoms with Crippen LogP contribution in [0.15, 0.2) is 39.5 Å². The number of amides is 1. The second kappa shape index (κ2) is 7.92. The van der Waals surface area contributed by atoms with E-state index < -0.39 is 22.0 Å². The van der Waals surface area contributed by atoms with Gasteiger partial charge in [0.05, 0.1) is 14.6 Å². The number of nitrogens with zero attached hydrogens (tertiary/aromatic N) is 3. The molecule has 1 aliphatic heterocycles. The van der Waals surface area contributed by atoms with Crippen LogP contribution >= 0.6 is 34.3 Å². The molecular weight excluding hydrogens is 457 g/mol. The summed E-state index contributed by atoms with van der Waals surface area (Å²) >= 11 is 8.06. The van der Waals surface area contributed by atoms with E-state index >= 15 is 0 Å². The lowest BCUT2D eigenvalue weighted by atomic mass is 10.0. The number of thiazole rings is 1. The zero-order chi connectivity index (χ0) is 20.8. The van der Waals surface area contributed by atoms with Crippen molar-refractivity contribution in [3.8, 4) is 0 Å². The van der Waals surface area contributed by atoms with Crippen LogP contribution in [0.1, 0.15) is 19.3 Å².